The molecule has 6 nitrogen and oxygen atoms in total. The van der Waals surface area contributed by atoms with Crippen molar-refractivity contribution in [3.8, 4) is 5.75 Å². The second-order valence-electron chi connectivity index (χ2n) is 7.17. The molecule has 1 saturated heterocycles. The molecule has 4 rings (SSSR count). The number of rotatable bonds is 6. The van der Waals surface area contributed by atoms with Crippen molar-refractivity contribution in [3.63, 3.8) is 0 Å². The van der Waals surface area contributed by atoms with Crippen LogP contribution >= 0.6 is 0 Å². The van der Waals surface area contributed by atoms with Gasteiger partial charge in [0.15, 0.2) is 0 Å². The number of likely N-dealkylation sites (tertiary alicyclic amines) is 1. The molecule has 1 aromatic heterocycles. The Morgan fingerprint density at radius 2 is 2.00 bits per heavy atom. The van der Waals surface area contributed by atoms with Crippen LogP contribution in [0.1, 0.15) is 12.0 Å². The number of ether oxygens (including phenoxy) is 1. The minimum atomic E-state index is -0.362. The fraction of sp³-hybridized carbons (Fsp3) is 0.261. The number of fused-ring (bicyclic) bond motifs is 1. The number of hydrogen-bond acceptors (Lipinski definition) is 4. The van der Waals surface area contributed by atoms with Crippen LogP contribution in [0.5, 0.6) is 5.75 Å². The smallest absolute Gasteiger partial charge is 0.229 e. The summed E-state index contributed by atoms with van der Waals surface area (Å²) in [7, 11) is 1.64. The number of nitrogens with zero attached hydrogens (tertiary/aromatic N) is 2. The lowest BCUT2D eigenvalue weighted by molar-refractivity contribution is -0.128. The summed E-state index contributed by atoms with van der Waals surface area (Å²) in [6.07, 6.45) is 2.63. The maximum atomic E-state index is 12.8. The molecule has 1 aliphatic rings. The highest BCUT2D eigenvalue weighted by Gasteiger charge is 2.34. The van der Waals surface area contributed by atoms with Crippen LogP contribution in [0.15, 0.2) is 60.8 Å². The Kier molecular flexibility index (Phi) is 5.42. The summed E-state index contributed by atoms with van der Waals surface area (Å²) in [5.74, 6) is 0.323. The van der Waals surface area contributed by atoms with Crippen molar-refractivity contribution in [2.45, 2.75) is 12.8 Å². The minimum Gasteiger partial charge on any atom is -0.496 e. The van der Waals surface area contributed by atoms with Gasteiger partial charge in [-0.2, -0.15) is 0 Å². The molecule has 0 aliphatic carbocycles. The van der Waals surface area contributed by atoms with Gasteiger partial charge in [-0.3, -0.25) is 14.6 Å². The van der Waals surface area contributed by atoms with Gasteiger partial charge in [0, 0.05) is 31.1 Å². The Bertz CT molecular complexity index is 1040. The highest BCUT2D eigenvalue weighted by molar-refractivity contribution is 6.02. The Hall–Kier alpha value is -3.41. The van der Waals surface area contributed by atoms with Crippen molar-refractivity contribution < 1.29 is 14.3 Å². The summed E-state index contributed by atoms with van der Waals surface area (Å²) in [5, 5.41) is 3.92. The van der Waals surface area contributed by atoms with E-state index in [1.54, 1.807) is 18.2 Å². The molecule has 2 heterocycles. The van der Waals surface area contributed by atoms with E-state index in [-0.39, 0.29) is 24.2 Å². The lowest BCUT2D eigenvalue weighted by atomic mass is 10.1. The SMILES string of the molecule is COc1ccccc1CCN1CC(C(=O)Nc2cccc3cccnc23)CC1=O. The average molecular weight is 389 g/mol. The summed E-state index contributed by atoms with van der Waals surface area (Å²) in [6, 6.07) is 17.3. The molecule has 148 valence electrons. The second kappa shape index (κ2) is 8.31. The fourth-order valence-electron chi connectivity index (χ4n) is 3.77. The van der Waals surface area contributed by atoms with Crippen LogP contribution in [0.25, 0.3) is 10.9 Å². The van der Waals surface area contributed by atoms with Gasteiger partial charge >= 0.3 is 0 Å². The van der Waals surface area contributed by atoms with Crippen LogP contribution in [0.4, 0.5) is 5.69 Å². The van der Waals surface area contributed by atoms with Crippen molar-refractivity contribution in [1.29, 1.82) is 0 Å². The standard InChI is InChI=1S/C23H23N3O3/c1-29-20-10-3-2-6-16(20)11-13-26-15-18(14-21(26)27)23(28)25-19-9-4-7-17-8-5-12-24-22(17)19/h2-10,12,18H,11,13-15H2,1H3,(H,25,28). The number of methoxy groups -OCH3 is 1. The molecule has 0 saturated carbocycles. The molecule has 2 amide bonds. The number of para-hydroxylation sites is 2. The van der Waals surface area contributed by atoms with E-state index in [4.69, 9.17) is 4.74 Å². The Balaban J connectivity index is 1.40. The quantitative estimate of drug-likeness (QED) is 0.702. The van der Waals surface area contributed by atoms with Gasteiger partial charge in [0.1, 0.15) is 5.75 Å². The number of carbonyl (C=O) groups is 2. The van der Waals surface area contributed by atoms with E-state index in [0.717, 1.165) is 22.2 Å². The summed E-state index contributed by atoms with van der Waals surface area (Å²) < 4.78 is 5.37. The molecule has 1 aliphatic heterocycles. The third-order valence-electron chi connectivity index (χ3n) is 5.32. The van der Waals surface area contributed by atoms with Gasteiger partial charge in [-0.1, -0.05) is 36.4 Å². The van der Waals surface area contributed by atoms with Gasteiger partial charge < -0.3 is 15.0 Å². The summed E-state index contributed by atoms with van der Waals surface area (Å²) in [6.45, 7) is 0.997. The zero-order valence-corrected chi connectivity index (χ0v) is 16.3. The van der Waals surface area contributed by atoms with E-state index in [1.165, 1.54) is 0 Å². The molecule has 2 aromatic carbocycles. The third kappa shape index (κ3) is 4.06. The molecule has 1 fully saturated rings. The van der Waals surface area contributed by atoms with Gasteiger partial charge in [0.25, 0.3) is 0 Å². The van der Waals surface area contributed by atoms with Crippen LogP contribution in [0.3, 0.4) is 0 Å². The number of anilines is 1. The second-order valence-corrected chi connectivity index (χ2v) is 7.17. The van der Waals surface area contributed by atoms with E-state index < -0.39 is 0 Å². The van der Waals surface area contributed by atoms with E-state index in [0.29, 0.717) is 25.2 Å². The number of aromatic nitrogens is 1. The van der Waals surface area contributed by atoms with E-state index >= 15 is 0 Å². The highest BCUT2D eigenvalue weighted by atomic mass is 16.5. The van der Waals surface area contributed by atoms with Crippen LogP contribution in [0, 0.1) is 5.92 Å². The Morgan fingerprint density at radius 3 is 2.86 bits per heavy atom. The summed E-state index contributed by atoms with van der Waals surface area (Å²) in [4.78, 5) is 31.3. The van der Waals surface area contributed by atoms with Crippen LogP contribution in [-0.4, -0.2) is 41.9 Å². The first-order valence-electron chi connectivity index (χ1n) is 9.70. The van der Waals surface area contributed by atoms with Crippen molar-refractivity contribution in [2.24, 2.45) is 5.92 Å². The van der Waals surface area contributed by atoms with Gasteiger partial charge in [-0.05, 0) is 30.2 Å². The Morgan fingerprint density at radius 1 is 1.17 bits per heavy atom. The van der Waals surface area contributed by atoms with Gasteiger partial charge in [0.2, 0.25) is 11.8 Å². The molecular formula is C23H23N3O3. The number of benzene rings is 2. The number of hydrogen-bond donors (Lipinski definition) is 1. The third-order valence-corrected chi connectivity index (χ3v) is 5.32. The molecular weight excluding hydrogens is 366 g/mol. The molecule has 0 spiro atoms. The van der Waals surface area contributed by atoms with Gasteiger partial charge in [-0.25, -0.2) is 0 Å². The maximum Gasteiger partial charge on any atom is 0.229 e. The predicted molar refractivity (Wildman–Crippen MR) is 112 cm³/mol. The van der Waals surface area contributed by atoms with Crippen molar-refractivity contribution in [1.82, 2.24) is 9.88 Å². The number of nitrogens with one attached hydrogen (secondary N) is 1. The van der Waals surface area contributed by atoms with Crippen LogP contribution in [-0.2, 0) is 16.0 Å². The predicted octanol–water partition coefficient (Wildman–Crippen LogP) is 3.27. The number of amides is 2. The monoisotopic (exact) mass is 389 g/mol. The molecule has 3 aromatic rings. The minimum absolute atomic E-state index is 0.0103. The first-order valence-corrected chi connectivity index (χ1v) is 9.70. The summed E-state index contributed by atoms with van der Waals surface area (Å²) >= 11 is 0. The topological polar surface area (TPSA) is 71.5 Å². The Labute approximate surface area is 169 Å². The molecule has 0 radical (unpaired) electrons. The first-order chi connectivity index (χ1) is 14.2. The zero-order chi connectivity index (χ0) is 20.2. The van der Waals surface area contributed by atoms with Crippen molar-refractivity contribution >= 4 is 28.4 Å². The van der Waals surface area contributed by atoms with Gasteiger partial charge in [0.05, 0.1) is 24.2 Å². The lowest BCUT2D eigenvalue weighted by Gasteiger charge is -2.17. The van der Waals surface area contributed by atoms with Crippen molar-refractivity contribution in [3.05, 3.63) is 66.4 Å². The molecule has 1 atom stereocenters. The number of carbonyl (C=O) groups excluding carboxylic acids is 2. The molecule has 1 unspecified atom stereocenters. The zero-order valence-electron chi connectivity index (χ0n) is 16.3. The normalized spacial score (nSPS) is 16.2. The lowest BCUT2D eigenvalue weighted by Crippen LogP contribution is -2.30. The van der Waals surface area contributed by atoms with E-state index in [9.17, 15) is 9.59 Å². The molecule has 1 N–H and O–H groups in total. The number of pyridine rings is 1. The average Bonchev–Trinajstić information content (AvgIpc) is 3.13. The highest BCUT2D eigenvalue weighted by Crippen LogP contribution is 2.25. The largest absolute Gasteiger partial charge is 0.496 e. The van der Waals surface area contributed by atoms with Crippen molar-refractivity contribution in [2.75, 3.05) is 25.5 Å². The molecule has 6 heteroatoms. The molecule has 29 heavy (non-hydrogen) atoms. The van der Waals surface area contributed by atoms with Crippen LogP contribution < -0.4 is 10.1 Å². The maximum absolute atomic E-state index is 12.8. The van der Waals surface area contributed by atoms with E-state index in [1.807, 2.05) is 54.6 Å². The summed E-state index contributed by atoms with van der Waals surface area (Å²) in [5.41, 5.74) is 2.48. The fourth-order valence-corrected chi connectivity index (χ4v) is 3.77. The molecule has 0 bridgehead atoms. The van der Waals surface area contributed by atoms with Gasteiger partial charge in [-0.15, -0.1) is 0 Å². The van der Waals surface area contributed by atoms with E-state index in [2.05, 4.69) is 10.3 Å². The van der Waals surface area contributed by atoms with Crippen LogP contribution in [0.2, 0.25) is 0 Å². The first kappa shape index (κ1) is 18.9.